The lowest BCUT2D eigenvalue weighted by Crippen LogP contribution is -2.47. The van der Waals surface area contributed by atoms with Crippen molar-refractivity contribution in [3.05, 3.63) is 24.3 Å². The van der Waals surface area contributed by atoms with Gasteiger partial charge in [-0.15, -0.1) is 24.8 Å². The Morgan fingerprint density at radius 2 is 1.91 bits per heavy atom. The zero-order valence-electron chi connectivity index (χ0n) is 13.1. The predicted octanol–water partition coefficient (Wildman–Crippen LogP) is 1.94. The maximum atomic E-state index is 12.3. The van der Waals surface area contributed by atoms with Crippen molar-refractivity contribution in [3.8, 4) is 0 Å². The number of anilines is 2. The lowest BCUT2D eigenvalue weighted by atomic mass is 10.1. The van der Waals surface area contributed by atoms with E-state index in [1.165, 1.54) is 0 Å². The highest BCUT2D eigenvalue weighted by Gasteiger charge is 2.25. The number of carbonyl (C=O) groups is 1. The number of amides is 1. The van der Waals surface area contributed by atoms with Crippen LogP contribution in [0.25, 0.3) is 0 Å². The van der Waals surface area contributed by atoms with Gasteiger partial charge in [-0.2, -0.15) is 0 Å². The third-order valence-electron chi connectivity index (χ3n) is 3.55. The second-order valence-corrected chi connectivity index (χ2v) is 4.78. The number of benzene rings is 1. The molecule has 0 radical (unpaired) electrons. The van der Waals surface area contributed by atoms with Gasteiger partial charge in [0.15, 0.2) is 0 Å². The number of rotatable bonds is 6. The van der Waals surface area contributed by atoms with Crippen LogP contribution in [0.2, 0.25) is 0 Å². The van der Waals surface area contributed by atoms with Crippen molar-refractivity contribution in [2.24, 2.45) is 0 Å². The molecule has 0 atom stereocenters. The number of likely N-dealkylation sites (N-methyl/N-ethyl adjacent to an activating group) is 1. The molecule has 0 fully saturated rings. The Labute approximate surface area is 144 Å². The minimum Gasteiger partial charge on any atom is -0.383 e. The van der Waals surface area contributed by atoms with Crippen molar-refractivity contribution in [1.29, 1.82) is 0 Å². The molecule has 1 aromatic carbocycles. The number of halogens is 2. The van der Waals surface area contributed by atoms with E-state index in [1.807, 2.05) is 23.1 Å². The van der Waals surface area contributed by atoms with Gasteiger partial charge in [0.25, 0.3) is 0 Å². The average molecular weight is 350 g/mol. The highest BCUT2D eigenvalue weighted by molar-refractivity contribution is 5.99. The molecule has 1 aliphatic heterocycles. The van der Waals surface area contributed by atoms with E-state index in [-0.39, 0.29) is 30.7 Å². The van der Waals surface area contributed by atoms with Gasteiger partial charge >= 0.3 is 0 Å². The Morgan fingerprint density at radius 1 is 1.23 bits per heavy atom. The fraction of sp³-hybridized carbons (Fsp3) is 0.533. The summed E-state index contributed by atoms with van der Waals surface area (Å²) in [6.45, 7) is 6.40. The standard InChI is InChI=1S/C15H23N3O2.2ClH/c1-3-17-9-10-18(14-7-5-4-6-13(14)17)15(19)12-16-8-11-20-2;;/h4-7,16H,3,8-12H2,1-2H3;2*1H. The van der Waals surface area contributed by atoms with Crippen molar-refractivity contribution in [2.45, 2.75) is 6.92 Å². The minimum absolute atomic E-state index is 0. The number of fused-ring (bicyclic) bond motifs is 1. The van der Waals surface area contributed by atoms with Crippen LogP contribution in [0, 0.1) is 0 Å². The molecule has 7 heteroatoms. The lowest BCUT2D eigenvalue weighted by molar-refractivity contribution is -0.117. The summed E-state index contributed by atoms with van der Waals surface area (Å²) >= 11 is 0. The number of ether oxygens (including phenoxy) is 1. The van der Waals surface area contributed by atoms with Crippen molar-refractivity contribution in [3.63, 3.8) is 0 Å². The Kier molecular flexibility index (Phi) is 10.2. The molecule has 1 aliphatic rings. The smallest absolute Gasteiger partial charge is 0.241 e. The van der Waals surface area contributed by atoms with Gasteiger partial charge in [-0.25, -0.2) is 0 Å². The van der Waals surface area contributed by atoms with Crippen LogP contribution in [0.1, 0.15) is 6.92 Å². The topological polar surface area (TPSA) is 44.8 Å². The van der Waals surface area contributed by atoms with Gasteiger partial charge < -0.3 is 19.9 Å². The van der Waals surface area contributed by atoms with E-state index in [4.69, 9.17) is 4.74 Å². The number of methoxy groups -OCH3 is 1. The lowest BCUT2D eigenvalue weighted by Gasteiger charge is -2.37. The maximum Gasteiger partial charge on any atom is 0.241 e. The van der Waals surface area contributed by atoms with Crippen LogP contribution in [-0.2, 0) is 9.53 Å². The van der Waals surface area contributed by atoms with E-state index in [9.17, 15) is 4.79 Å². The first-order chi connectivity index (χ1) is 9.77. The van der Waals surface area contributed by atoms with Gasteiger partial charge in [-0.05, 0) is 19.1 Å². The van der Waals surface area contributed by atoms with E-state index in [1.54, 1.807) is 7.11 Å². The van der Waals surface area contributed by atoms with Crippen LogP contribution in [0.4, 0.5) is 11.4 Å². The van der Waals surface area contributed by atoms with Gasteiger partial charge in [0, 0.05) is 33.3 Å². The van der Waals surface area contributed by atoms with Gasteiger partial charge in [-0.3, -0.25) is 4.79 Å². The summed E-state index contributed by atoms with van der Waals surface area (Å²) in [6, 6.07) is 8.10. The largest absolute Gasteiger partial charge is 0.383 e. The molecule has 0 bridgehead atoms. The first kappa shape index (κ1) is 21.0. The number of carbonyl (C=O) groups excluding carboxylic acids is 1. The predicted molar refractivity (Wildman–Crippen MR) is 95.9 cm³/mol. The summed E-state index contributed by atoms with van der Waals surface area (Å²) in [5.74, 6) is 0.115. The average Bonchev–Trinajstić information content (AvgIpc) is 2.50. The van der Waals surface area contributed by atoms with Gasteiger partial charge in [0.2, 0.25) is 5.91 Å². The molecule has 126 valence electrons. The molecule has 0 saturated heterocycles. The summed E-state index contributed by atoms with van der Waals surface area (Å²) in [4.78, 5) is 16.5. The van der Waals surface area contributed by atoms with Crippen LogP contribution < -0.4 is 15.1 Å². The van der Waals surface area contributed by atoms with Crippen molar-refractivity contribution < 1.29 is 9.53 Å². The molecule has 0 unspecified atom stereocenters. The normalized spacial score (nSPS) is 13.0. The number of nitrogens with zero attached hydrogens (tertiary/aromatic N) is 2. The summed E-state index contributed by atoms with van der Waals surface area (Å²) < 4.78 is 4.96. The first-order valence-corrected chi connectivity index (χ1v) is 7.12. The number of hydrogen-bond acceptors (Lipinski definition) is 4. The second kappa shape index (κ2) is 10.7. The van der Waals surface area contributed by atoms with Crippen LogP contribution >= 0.6 is 24.8 Å². The molecule has 5 nitrogen and oxygen atoms in total. The SMILES string of the molecule is CCN1CCN(C(=O)CNCCOC)c2ccccc21.Cl.Cl. The molecular formula is C15H25Cl2N3O2. The van der Waals surface area contributed by atoms with Crippen LogP contribution in [0.15, 0.2) is 24.3 Å². The Morgan fingerprint density at radius 3 is 2.55 bits per heavy atom. The summed E-state index contributed by atoms with van der Waals surface area (Å²) in [5.41, 5.74) is 2.16. The summed E-state index contributed by atoms with van der Waals surface area (Å²) in [6.07, 6.45) is 0. The third-order valence-corrected chi connectivity index (χ3v) is 3.55. The number of para-hydroxylation sites is 2. The molecule has 22 heavy (non-hydrogen) atoms. The monoisotopic (exact) mass is 349 g/mol. The fourth-order valence-corrected chi connectivity index (χ4v) is 2.47. The number of hydrogen-bond donors (Lipinski definition) is 1. The van der Waals surface area contributed by atoms with Crippen LogP contribution in [-0.4, -0.2) is 52.3 Å². The second-order valence-electron chi connectivity index (χ2n) is 4.78. The Balaban J connectivity index is 0.00000220. The van der Waals surface area contributed by atoms with Gasteiger partial charge in [0.1, 0.15) is 0 Å². The van der Waals surface area contributed by atoms with E-state index < -0.39 is 0 Å². The van der Waals surface area contributed by atoms with E-state index in [0.29, 0.717) is 19.7 Å². The van der Waals surface area contributed by atoms with Crippen molar-refractivity contribution >= 4 is 42.1 Å². The molecule has 1 N–H and O–H groups in total. The Bertz CT molecular complexity index is 460. The van der Waals surface area contributed by atoms with Crippen molar-refractivity contribution in [2.75, 3.05) is 56.2 Å². The molecule has 0 spiro atoms. The van der Waals surface area contributed by atoms with Crippen molar-refractivity contribution in [1.82, 2.24) is 5.32 Å². The molecule has 1 heterocycles. The molecule has 0 aliphatic carbocycles. The van der Waals surface area contributed by atoms with Crippen LogP contribution in [0.3, 0.4) is 0 Å². The van der Waals surface area contributed by atoms with Gasteiger partial charge in [-0.1, -0.05) is 12.1 Å². The zero-order valence-corrected chi connectivity index (χ0v) is 14.7. The van der Waals surface area contributed by atoms with Crippen LogP contribution in [0.5, 0.6) is 0 Å². The third kappa shape index (κ3) is 5.02. The van der Waals surface area contributed by atoms with Gasteiger partial charge in [0.05, 0.1) is 24.5 Å². The molecule has 0 saturated carbocycles. The highest BCUT2D eigenvalue weighted by atomic mass is 35.5. The molecule has 0 aromatic heterocycles. The Hall–Kier alpha value is -1.01. The molecule has 1 amide bonds. The van der Waals surface area contributed by atoms with E-state index >= 15 is 0 Å². The quantitative estimate of drug-likeness (QED) is 0.797. The summed E-state index contributed by atoms with van der Waals surface area (Å²) in [5, 5.41) is 3.11. The minimum atomic E-state index is 0. The summed E-state index contributed by atoms with van der Waals surface area (Å²) in [7, 11) is 1.66. The maximum absolute atomic E-state index is 12.3. The number of nitrogens with one attached hydrogen (secondary N) is 1. The highest BCUT2D eigenvalue weighted by Crippen LogP contribution is 2.32. The zero-order chi connectivity index (χ0) is 14.4. The van der Waals surface area contributed by atoms with E-state index in [0.717, 1.165) is 31.0 Å². The molecular weight excluding hydrogens is 325 g/mol. The fourth-order valence-electron chi connectivity index (χ4n) is 2.47. The molecule has 1 aromatic rings. The first-order valence-electron chi connectivity index (χ1n) is 7.12. The molecule has 2 rings (SSSR count). The van der Waals surface area contributed by atoms with E-state index in [2.05, 4.69) is 23.2 Å².